The second kappa shape index (κ2) is 5.00. The van der Waals surface area contributed by atoms with E-state index in [1.54, 1.807) is 5.01 Å². The number of carbonyl (C=O) groups excluding carboxylic acids is 1. The van der Waals surface area contributed by atoms with Crippen LogP contribution in [0.4, 0.5) is 0 Å². The maximum atomic E-state index is 12.5. The van der Waals surface area contributed by atoms with Crippen LogP contribution in [0.5, 0.6) is 0 Å². The zero-order valence-corrected chi connectivity index (χ0v) is 11.8. The van der Waals surface area contributed by atoms with E-state index in [2.05, 4.69) is 25.9 Å². The Kier molecular flexibility index (Phi) is 3.76. The van der Waals surface area contributed by atoms with Gasteiger partial charge in [-0.15, -0.1) is 0 Å². The monoisotopic (exact) mass is 251 g/mol. The largest absolute Gasteiger partial charge is 0.330 e. The van der Waals surface area contributed by atoms with Gasteiger partial charge in [0.1, 0.15) is 0 Å². The molecule has 1 heterocycles. The second-order valence-corrected chi connectivity index (χ2v) is 6.49. The fourth-order valence-electron chi connectivity index (χ4n) is 3.02. The van der Waals surface area contributed by atoms with Gasteiger partial charge in [0, 0.05) is 5.41 Å². The van der Waals surface area contributed by atoms with Crippen LogP contribution in [0, 0.1) is 11.3 Å². The van der Waals surface area contributed by atoms with Gasteiger partial charge in [0.15, 0.2) is 0 Å². The summed E-state index contributed by atoms with van der Waals surface area (Å²) in [4.78, 5) is 12.5. The number of hydrogen-bond donors (Lipinski definition) is 1. The summed E-state index contributed by atoms with van der Waals surface area (Å²) in [6, 6.07) is 0.331. The molecule has 4 nitrogen and oxygen atoms in total. The fraction of sp³-hybridized carbons (Fsp3) is 0.857. The third-order valence-corrected chi connectivity index (χ3v) is 3.96. The molecule has 2 N–H and O–H groups in total. The molecule has 1 aliphatic heterocycles. The highest BCUT2D eigenvalue weighted by atomic mass is 16.2. The Hall–Kier alpha value is -0.900. The van der Waals surface area contributed by atoms with Gasteiger partial charge >= 0.3 is 0 Å². The zero-order valence-electron chi connectivity index (χ0n) is 11.8. The van der Waals surface area contributed by atoms with Crippen LogP contribution >= 0.6 is 0 Å². The standard InChI is InChI=1S/C14H25N3O/c1-14(2,3)12-11(8-9-15)13(18)17(16-12)10-6-4-5-7-10/h10-11H,4-9,15H2,1-3H3. The summed E-state index contributed by atoms with van der Waals surface area (Å²) >= 11 is 0. The van der Waals surface area contributed by atoms with Crippen molar-refractivity contribution in [2.24, 2.45) is 22.2 Å². The SMILES string of the molecule is CC(C)(C)C1=NN(C2CCCC2)C(=O)C1CCN. The summed E-state index contributed by atoms with van der Waals surface area (Å²) in [5.74, 6) is 0.0906. The zero-order chi connectivity index (χ0) is 13.3. The Morgan fingerprint density at radius 2 is 1.94 bits per heavy atom. The van der Waals surface area contributed by atoms with E-state index in [0.717, 1.165) is 25.0 Å². The molecular formula is C14H25N3O. The lowest BCUT2D eigenvalue weighted by molar-refractivity contribution is -0.134. The van der Waals surface area contributed by atoms with E-state index in [9.17, 15) is 4.79 Å². The molecule has 0 bridgehead atoms. The van der Waals surface area contributed by atoms with Gasteiger partial charge in [-0.3, -0.25) is 4.79 Å². The molecule has 2 rings (SSSR count). The topological polar surface area (TPSA) is 58.7 Å². The maximum absolute atomic E-state index is 12.5. The van der Waals surface area contributed by atoms with Gasteiger partial charge in [-0.2, -0.15) is 5.10 Å². The summed E-state index contributed by atoms with van der Waals surface area (Å²) < 4.78 is 0. The van der Waals surface area contributed by atoms with E-state index in [0.29, 0.717) is 12.6 Å². The number of nitrogens with two attached hydrogens (primary N) is 1. The molecule has 102 valence electrons. The van der Waals surface area contributed by atoms with Crippen LogP contribution in [0.25, 0.3) is 0 Å². The Balaban J connectivity index is 2.23. The molecule has 1 saturated carbocycles. The molecule has 4 heteroatoms. The van der Waals surface area contributed by atoms with Gasteiger partial charge in [-0.1, -0.05) is 33.6 Å². The van der Waals surface area contributed by atoms with E-state index in [-0.39, 0.29) is 17.2 Å². The predicted molar refractivity (Wildman–Crippen MR) is 73.2 cm³/mol. The second-order valence-electron chi connectivity index (χ2n) is 6.49. The smallest absolute Gasteiger partial charge is 0.251 e. The molecule has 1 atom stereocenters. The van der Waals surface area contributed by atoms with E-state index < -0.39 is 0 Å². The number of hydrazone groups is 1. The lowest BCUT2D eigenvalue weighted by Gasteiger charge is -2.22. The third kappa shape index (κ3) is 2.44. The van der Waals surface area contributed by atoms with E-state index in [4.69, 9.17) is 5.73 Å². The average Bonchev–Trinajstić information content (AvgIpc) is 2.87. The molecule has 1 aliphatic carbocycles. The van der Waals surface area contributed by atoms with Gasteiger partial charge < -0.3 is 5.73 Å². The van der Waals surface area contributed by atoms with Crippen LogP contribution in [0.1, 0.15) is 52.9 Å². The molecule has 1 unspecified atom stereocenters. The van der Waals surface area contributed by atoms with Crippen molar-refractivity contribution in [2.45, 2.75) is 58.9 Å². The number of amides is 1. The highest BCUT2D eigenvalue weighted by Crippen LogP contribution is 2.34. The van der Waals surface area contributed by atoms with Gasteiger partial charge in [0.05, 0.1) is 17.7 Å². The highest BCUT2D eigenvalue weighted by molar-refractivity contribution is 6.10. The van der Waals surface area contributed by atoms with Crippen molar-refractivity contribution in [2.75, 3.05) is 6.54 Å². The normalized spacial score (nSPS) is 26.0. The van der Waals surface area contributed by atoms with Crippen molar-refractivity contribution < 1.29 is 4.79 Å². The Bertz CT molecular complexity index is 351. The summed E-state index contributed by atoms with van der Waals surface area (Å²) in [6.45, 7) is 6.92. The molecule has 18 heavy (non-hydrogen) atoms. The average molecular weight is 251 g/mol. The lowest BCUT2D eigenvalue weighted by atomic mass is 9.81. The first-order chi connectivity index (χ1) is 8.45. The van der Waals surface area contributed by atoms with Crippen LogP contribution < -0.4 is 5.73 Å². The molecule has 2 aliphatic rings. The van der Waals surface area contributed by atoms with Crippen molar-refractivity contribution in [1.82, 2.24) is 5.01 Å². The molecule has 1 fully saturated rings. The van der Waals surface area contributed by atoms with Gasteiger partial charge in [0.25, 0.3) is 5.91 Å². The Morgan fingerprint density at radius 3 is 2.44 bits per heavy atom. The fourth-order valence-corrected chi connectivity index (χ4v) is 3.02. The van der Waals surface area contributed by atoms with Gasteiger partial charge in [0.2, 0.25) is 0 Å². The van der Waals surface area contributed by atoms with Gasteiger partial charge in [-0.25, -0.2) is 5.01 Å². The summed E-state index contributed by atoms with van der Waals surface area (Å²) in [5, 5.41) is 6.44. The quantitative estimate of drug-likeness (QED) is 0.835. The number of nitrogens with zero attached hydrogens (tertiary/aromatic N) is 2. The van der Waals surface area contributed by atoms with E-state index in [1.807, 2.05) is 0 Å². The minimum Gasteiger partial charge on any atom is -0.330 e. The number of rotatable bonds is 3. The summed E-state index contributed by atoms with van der Waals surface area (Å²) in [7, 11) is 0. The van der Waals surface area contributed by atoms with Crippen molar-refractivity contribution in [3.63, 3.8) is 0 Å². The predicted octanol–water partition coefficient (Wildman–Crippen LogP) is 2.14. The Morgan fingerprint density at radius 1 is 1.33 bits per heavy atom. The van der Waals surface area contributed by atoms with E-state index >= 15 is 0 Å². The minimum absolute atomic E-state index is 0.0527. The van der Waals surface area contributed by atoms with Crippen LogP contribution in [0.2, 0.25) is 0 Å². The van der Waals surface area contributed by atoms with Crippen molar-refractivity contribution >= 4 is 11.6 Å². The molecule has 0 spiro atoms. The Labute approximate surface area is 110 Å². The van der Waals surface area contributed by atoms with Crippen molar-refractivity contribution in [1.29, 1.82) is 0 Å². The number of hydrogen-bond acceptors (Lipinski definition) is 3. The molecule has 0 aromatic heterocycles. The van der Waals surface area contributed by atoms with Crippen LogP contribution in [-0.4, -0.2) is 29.2 Å². The summed E-state index contributed by atoms with van der Waals surface area (Å²) in [6.07, 6.45) is 5.36. The van der Waals surface area contributed by atoms with Crippen LogP contribution in [0.15, 0.2) is 5.10 Å². The van der Waals surface area contributed by atoms with Crippen molar-refractivity contribution in [3.05, 3.63) is 0 Å². The molecular weight excluding hydrogens is 226 g/mol. The van der Waals surface area contributed by atoms with E-state index in [1.165, 1.54) is 12.8 Å². The number of carbonyl (C=O) groups is 1. The molecule has 1 amide bonds. The molecule has 0 radical (unpaired) electrons. The van der Waals surface area contributed by atoms with Gasteiger partial charge in [-0.05, 0) is 25.8 Å². The minimum atomic E-state index is -0.0874. The first kappa shape index (κ1) is 13.5. The first-order valence-electron chi connectivity index (χ1n) is 7.07. The van der Waals surface area contributed by atoms with Crippen molar-refractivity contribution in [3.8, 4) is 0 Å². The molecule has 0 aromatic carbocycles. The molecule has 0 saturated heterocycles. The third-order valence-electron chi connectivity index (χ3n) is 3.96. The van der Waals surface area contributed by atoms with Crippen LogP contribution in [-0.2, 0) is 4.79 Å². The lowest BCUT2D eigenvalue weighted by Crippen LogP contribution is -2.36. The first-order valence-corrected chi connectivity index (χ1v) is 7.07. The molecule has 0 aromatic rings. The highest BCUT2D eigenvalue weighted by Gasteiger charge is 2.43. The van der Waals surface area contributed by atoms with Crippen LogP contribution in [0.3, 0.4) is 0 Å². The summed E-state index contributed by atoms with van der Waals surface area (Å²) in [5.41, 5.74) is 6.61. The maximum Gasteiger partial charge on any atom is 0.251 e.